The first-order valence-electron chi connectivity index (χ1n) is 15.7. The maximum absolute atomic E-state index is 13.9. The molecule has 0 bridgehead atoms. The Morgan fingerprint density at radius 1 is 0.674 bits per heavy atom. The first-order chi connectivity index (χ1) is 21.7. The summed E-state index contributed by atoms with van der Waals surface area (Å²) in [6.07, 6.45) is -1.75. The van der Waals surface area contributed by atoms with Crippen LogP contribution < -0.4 is 10.6 Å². The summed E-state index contributed by atoms with van der Waals surface area (Å²) in [5.41, 5.74) is 1.31. The summed E-state index contributed by atoms with van der Waals surface area (Å²) in [6.45, 7) is 11.0. The number of ether oxygens (including phenoxy) is 2. The molecule has 0 aromatic heterocycles. The third-order valence-electron chi connectivity index (χ3n) is 6.90. The Morgan fingerprint density at radius 2 is 1.11 bits per heavy atom. The van der Waals surface area contributed by atoms with Crippen molar-refractivity contribution < 1.29 is 29.0 Å². The van der Waals surface area contributed by atoms with Crippen molar-refractivity contribution in [1.29, 1.82) is 0 Å². The van der Waals surface area contributed by atoms with E-state index in [1.54, 1.807) is 41.5 Å². The highest BCUT2D eigenvalue weighted by Crippen LogP contribution is 2.15. The van der Waals surface area contributed by atoms with Gasteiger partial charge in [-0.2, -0.15) is 0 Å². The number of nitrogens with one attached hydrogen (secondary N) is 2. The molecular formula is C37H49N3O6. The van der Waals surface area contributed by atoms with Crippen LogP contribution in [0.15, 0.2) is 91.0 Å². The highest BCUT2D eigenvalue weighted by molar-refractivity contribution is 5.89. The minimum Gasteiger partial charge on any atom is -0.444 e. The van der Waals surface area contributed by atoms with Gasteiger partial charge in [0.1, 0.15) is 11.2 Å². The summed E-state index contributed by atoms with van der Waals surface area (Å²) >= 11 is 0. The van der Waals surface area contributed by atoms with E-state index < -0.39 is 41.6 Å². The van der Waals surface area contributed by atoms with Gasteiger partial charge in [0, 0.05) is 13.1 Å². The van der Waals surface area contributed by atoms with Crippen molar-refractivity contribution in [2.45, 2.75) is 90.3 Å². The lowest BCUT2D eigenvalue weighted by Crippen LogP contribution is -2.52. The number of aliphatic hydroxyl groups is 1. The predicted octanol–water partition coefficient (Wildman–Crippen LogP) is 5.69. The number of ketones is 1. The predicted molar refractivity (Wildman–Crippen MR) is 179 cm³/mol. The number of benzene rings is 3. The molecule has 0 aliphatic heterocycles. The Bertz CT molecular complexity index is 1370. The van der Waals surface area contributed by atoms with E-state index in [0.717, 1.165) is 16.7 Å². The second-order valence-electron chi connectivity index (χ2n) is 13.5. The van der Waals surface area contributed by atoms with Crippen molar-refractivity contribution in [3.05, 3.63) is 108 Å². The fourth-order valence-electron chi connectivity index (χ4n) is 4.90. The highest BCUT2D eigenvalue weighted by Gasteiger charge is 2.30. The van der Waals surface area contributed by atoms with Gasteiger partial charge in [-0.15, -0.1) is 0 Å². The van der Waals surface area contributed by atoms with Gasteiger partial charge in [0.2, 0.25) is 0 Å². The monoisotopic (exact) mass is 631 g/mol. The van der Waals surface area contributed by atoms with Crippen LogP contribution in [0.25, 0.3) is 0 Å². The zero-order chi connectivity index (χ0) is 33.7. The van der Waals surface area contributed by atoms with Crippen LogP contribution in [0.3, 0.4) is 0 Å². The first kappa shape index (κ1) is 36.3. The molecule has 46 heavy (non-hydrogen) atoms. The van der Waals surface area contributed by atoms with E-state index in [1.807, 2.05) is 95.9 Å². The number of nitrogens with zero attached hydrogens (tertiary/aromatic N) is 1. The minimum absolute atomic E-state index is 0.0657. The Balaban J connectivity index is 1.86. The molecule has 3 aromatic rings. The van der Waals surface area contributed by atoms with E-state index in [-0.39, 0.29) is 25.3 Å². The number of hydrogen-bond donors (Lipinski definition) is 3. The molecule has 1 unspecified atom stereocenters. The van der Waals surface area contributed by atoms with Crippen LogP contribution in [-0.4, -0.2) is 70.5 Å². The summed E-state index contributed by atoms with van der Waals surface area (Å²) in [7, 11) is 0. The molecule has 0 aliphatic carbocycles. The maximum Gasteiger partial charge on any atom is 0.408 e. The van der Waals surface area contributed by atoms with E-state index >= 15 is 0 Å². The number of aliphatic hydroxyl groups excluding tert-OH is 1. The molecule has 3 rings (SSSR count). The molecule has 0 fully saturated rings. The third-order valence-corrected chi connectivity index (χ3v) is 6.90. The second-order valence-corrected chi connectivity index (χ2v) is 13.5. The van der Waals surface area contributed by atoms with Crippen LogP contribution in [-0.2, 0) is 33.7 Å². The Kier molecular flexibility index (Phi) is 13.3. The first-order valence-corrected chi connectivity index (χ1v) is 15.7. The summed E-state index contributed by atoms with van der Waals surface area (Å²) in [4.78, 5) is 41.4. The molecule has 248 valence electrons. The Hall–Kier alpha value is -4.21. The molecule has 3 atom stereocenters. The van der Waals surface area contributed by atoms with Gasteiger partial charge in [0.15, 0.2) is 5.78 Å². The molecule has 0 spiro atoms. The van der Waals surface area contributed by atoms with Crippen molar-refractivity contribution >= 4 is 18.0 Å². The topological polar surface area (TPSA) is 117 Å². The zero-order valence-corrected chi connectivity index (χ0v) is 27.9. The fraction of sp³-hybridized carbons (Fsp3) is 0.432. The van der Waals surface area contributed by atoms with Crippen LogP contribution in [0.1, 0.15) is 58.2 Å². The number of hydrogen-bond acceptors (Lipinski definition) is 7. The molecule has 0 saturated carbocycles. The maximum atomic E-state index is 13.9. The van der Waals surface area contributed by atoms with Gasteiger partial charge in [-0.3, -0.25) is 9.69 Å². The largest absolute Gasteiger partial charge is 0.444 e. The van der Waals surface area contributed by atoms with E-state index in [4.69, 9.17) is 9.47 Å². The molecular weight excluding hydrogens is 582 g/mol. The number of carbonyl (C=O) groups is 3. The van der Waals surface area contributed by atoms with Gasteiger partial charge in [-0.1, -0.05) is 91.0 Å². The smallest absolute Gasteiger partial charge is 0.408 e. The van der Waals surface area contributed by atoms with Crippen LogP contribution in [0.2, 0.25) is 0 Å². The van der Waals surface area contributed by atoms with Crippen molar-refractivity contribution in [2.75, 3.05) is 13.1 Å². The van der Waals surface area contributed by atoms with Gasteiger partial charge >= 0.3 is 12.2 Å². The number of rotatable bonds is 14. The quantitative estimate of drug-likeness (QED) is 0.209. The van der Waals surface area contributed by atoms with E-state index in [0.29, 0.717) is 13.0 Å². The average Bonchev–Trinajstić information content (AvgIpc) is 2.96. The summed E-state index contributed by atoms with van der Waals surface area (Å²) in [6, 6.07) is 27.1. The standard InChI is InChI=1S/C37H49N3O6/c1-36(2,3)45-34(43)38-30(22-27-16-10-7-11-17-27)32(41)25-40(24-29-20-14-9-15-21-29)26-33(42)31(23-28-18-12-8-13-19-28)39-35(44)46-37(4,5)6/h7-21,30-32,41H,22-26H2,1-6H3,(H,38,43)(H,39,44)/t30-,31+,32?/m1/s1. The van der Waals surface area contributed by atoms with Gasteiger partial charge in [0.05, 0.1) is 24.7 Å². The highest BCUT2D eigenvalue weighted by atomic mass is 16.6. The van der Waals surface area contributed by atoms with Crippen molar-refractivity contribution in [3.8, 4) is 0 Å². The fourth-order valence-corrected chi connectivity index (χ4v) is 4.90. The lowest BCUT2D eigenvalue weighted by molar-refractivity contribution is -0.122. The second kappa shape index (κ2) is 16.9. The van der Waals surface area contributed by atoms with Crippen molar-refractivity contribution in [3.63, 3.8) is 0 Å². The molecule has 2 amide bonds. The zero-order valence-electron chi connectivity index (χ0n) is 27.9. The van der Waals surface area contributed by atoms with Crippen LogP contribution in [0.4, 0.5) is 9.59 Å². The van der Waals surface area contributed by atoms with Gasteiger partial charge in [-0.05, 0) is 71.1 Å². The van der Waals surface area contributed by atoms with Crippen LogP contribution >= 0.6 is 0 Å². The van der Waals surface area contributed by atoms with E-state index in [9.17, 15) is 19.5 Å². The van der Waals surface area contributed by atoms with Crippen molar-refractivity contribution in [1.82, 2.24) is 15.5 Å². The summed E-state index contributed by atoms with van der Waals surface area (Å²) in [5, 5.41) is 17.2. The molecule has 3 aromatic carbocycles. The molecule has 0 heterocycles. The van der Waals surface area contributed by atoms with E-state index in [2.05, 4.69) is 10.6 Å². The van der Waals surface area contributed by atoms with Crippen molar-refractivity contribution in [2.24, 2.45) is 0 Å². The molecule has 0 radical (unpaired) electrons. The summed E-state index contributed by atoms with van der Waals surface area (Å²) in [5.74, 6) is -0.238. The Labute approximate surface area is 273 Å². The van der Waals surface area contributed by atoms with Gasteiger partial charge in [-0.25, -0.2) is 9.59 Å². The van der Waals surface area contributed by atoms with E-state index in [1.165, 1.54) is 0 Å². The lowest BCUT2D eigenvalue weighted by Gasteiger charge is -2.31. The number of carbonyl (C=O) groups excluding carboxylic acids is 3. The SMILES string of the molecule is CC(C)(C)OC(=O)N[C@@H](Cc1ccccc1)C(=O)CN(Cc1ccccc1)CC(O)[C@@H](Cc1ccccc1)NC(=O)OC(C)(C)C. The average molecular weight is 632 g/mol. The molecule has 9 heteroatoms. The number of alkyl carbamates (subject to hydrolysis) is 2. The third kappa shape index (κ3) is 13.8. The lowest BCUT2D eigenvalue weighted by atomic mass is 9.99. The molecule has 3 N–H and O–H groups in total. The number of Topliss-reactive ketones (excluding diaryl/α,β-unsaturated/α-hetero) is 1. The Morgan fingerprint density at radius 3 is 1.59 bits per heavy atom. The molecule has 0 aliphatic rings. The van der Waals surface area contributed by atoms with Crippen LogP contribution in [0.5, 0.6) is 0 Å². The molecule has 0 saturated heterocycles. The van der Waals surface area contributed by atoms with Gasteiger partial charge < -0.3 is 25.2 Å². The molecule has 9 nitrogen and oxygen atoms in total. The minimum atomic E-state index is -1.06. The summed E-state index contributed by atoms with van der Waals surface area (Å²) < 4.78 is 11.0. The van der Waals surface area contributed by atoms with Crippen LogP contribution in [0, 0.1) is 0 Å². The van der Waals surface area contributed by atoms with Gasteiger partial charge in [0.25, 0.3) is 0 Å². The number of amides is 2. The normalized spacial score (nSPS) is 13.7.